The number of aromatic nitrogens is 2. The van der Waals surface area contributed by atoms with Gasteiger partial charge in [0.15, 0.2) is 4.34 Å². The third-order valence-electron chi connectivity index (χ3n) is 2.38. The lowest BCUT2D eigenvalue weighted by molar-refractivity contribution is -0.113. The Hall–Kier alpha value is -1.67. The van der Waals surface area contributed by atoms with Gasteiger partial charge in [0.25, 0.3) is 0 Å². The minimum atomic E-state index is -0.434. The summed E-state index contributed by atoms with van der Waals surface area (Å²) in [6.07, 6.45) is 0.773. The number of carbonyl (C=O) groups excluding carboxylic acids is 1. The van der Waals surface area contributed by atoms with Crippen LogP contribution in [0.25, 0.3) is 0 Å². The SMILES string of the molecule is CCc1nsc(SCC(=O)Nc2ccc(F)cc2N)n1. The van der Waals surface area contributed by atoms with Gasteiger partial charge in [0.1, 0.15) is 11.6 Å². The van der Waals surface area contributed by atoms with Crippen LogP contribution in [0.4, 0.5) is 15.8 Å². The lowest BCUT2D eigenvalue weighted by Crippen LogP contribution is -2.15. The van der Waals surface area contributed by atoms with E-state index in [4.69, 9.17) is 5.73 Å². The number of aryl methyl sites for hydroxylation is 1. The summed E-state index contributed by atoms with van der Waals surface area (Å²) >= 11 is 2.59. The summed E-state index contributed by atoms with van der Waals surface area (Å²) in [6, 6.07) is 3.85. The molecule has 0 saturated carbocycles. The number of nitrogens with zero attached hydrogens (tertiary/aromatic N) is 2. The van der Waals surface area contributed by atoms with E-state index in [9.17, 15) is 9.18 Å². The van der Waals surface area contributed by atoms with Gasteiger partial charge in [0.05, 0.1) is 17.1 Å². The van der Waals surface area contributed by atoms with Crippen molar-refractivity contribution in [1.29, 1.82) is 0 Å². The zero-order valence-corrected chi connectivity index (χ0v) is 12.4. The first-order valence-electron chi connectivity index (χ1n) is 5.88. The summed E-state index contributed by atoms with van der Waals surface area (Å²) in [6.45, 7) is 1.97. The molecule has 1 heterocycles. The topological polar surface area (TPSA) is 80.9 Å². The average molecular weight is 312 g/mol. The second kappa shape index (κ2) is 6.67. The average Bonchev–Trinajstić information content (AvgIpc) is 2.88. The number of amides is 1. The van der Waals surface area contributed by atoms with E-state index in [0.29, 0.717) is 5.69 Å². The zero-order valence-electron chi connectivity index (χ0n) is 10.7. The molecule has 20 heavy (non-hydrogen) atoms. The maximum absolute atomic E-state index is 12.9. The highest BCUT2D eigenvalue weighted by molar-refractivity contribution is 8.01. The smallest absolute Gasteiger partial charge is 0.234 e. The van der Waals surface area contributed by atoms with Crippen LogP contribution in [0.3, 0.4) is 0 Å². The molecule has 3 N–H and O–H groups in total. The second-order valence-corrected chi connectivity index (χ2v) is 5.87. The van der Waals surface area contributed by atoms with Gasteiger partial charge < -0.3 is 11.1 Å². The Kier molecular flexibility index (Phi) is 4.91. The molecule has 0 bridgehead atoms. The van der Waals surface area contributed by atoms with E-state index in [0.717, 1.165) is 16.6 Å². The van der Waals surface area contributed by atoms with Crippen molar-refractivity contribution in [1.82, 2.24) is 9.36 Å². The Morgan fingerprint density at radius 1 is 1.55 bits per heavy atom. The molecule has 5 nitrogen and oxygen atoms in total. The molecule has 1 aromatic carbocycles. The molecule has 0 aliphatic heterocycles. The van der Waals surface area contributed by atoms with Gasteiger partial charge in [-0.15, -0.1) is 0 Å². The number of rotatable bonds is 5. The molecule has 0 radical (unpaired) electrons. The van der Waals surface area contributed by atoms with Gasteiger partial charge >= 0.3 is 0 Å². The number of halogens is 1. The summed E-state index contributed by atoms with van der Waals surface area (Å²) in [5, 5.41) is 2.63. The predicted molar refractivity (Wildman–Crippen MR) is 79.5 cm³/mol. The first-order valence-corrected chi connectivity index (χ1v) is 7.64. The number of hydrogen-bond acceptors (Lipinski definition) is 6. The lowest BCUT2D eigenvalue weighted by Gasteiger charge is -2.07. The molecule has 1 aromatic heterocycles. The minimum absolute atomic E-state index is 0.201. The van der Waals surface area contributed by atoms with Crippen molar-refractivity contribution in [2.75, 3.05) is 16.8 Å². The molecule has 8 heteroatoms. The first-order chi connectivity index (χ1) is 9.58. The van der Waals surface area contributed by atoms with E-state index in [1.165, 1.54) is 41.5 Å². The van der Waals surface area contributed by atoms with Gasteiger partial charge in [-0.25, -0.2) is 9.37 Å². The molecule has 0 unspecified atom stereocenters. The van der Waals surface area contributed by atoms with Crippen LogP contribution in [0, 0.1) is 5.82 Å². The van der Waals surface area contributed by atoms with Crippen molar-refractivity contribution in [3.8, 4) is 0 Å². The summed E-state index contributed by atoms with van der Waals surface area (Å²) < 4.78 is 17.8. The molecule has 0 aliphatic rings. The van der Waals surface area contributed by atoms with Gasteiger partial charge in [0.2, 0.25) is 5.91 Å². The minimum Gasteiger partial charge on any atom is -0.397 e. The standard InChI is InChI=1S/C12H13FN4OS2/c1-2-10-16-12(20-17-10)19-6-11(18)15-9-4-3-7(13)5-8(9)14/h3-5H,2,6,14H2,1H3,(H,15,18). The molecule has 2 rings (SSSR count). The molecule has 1 amide bonds. The molecular formula is C12H13FN4OS2. The third-order valence-corrected chi connectivity index (χ3v) is 4.25. The van der Waals surface area contributed by atoms with Crippen molar-refractivity contribution in [2.45, 2.75) is 17.7 Å². The Morgan fingerprint density at radius 3 is 3.00 bits per heavy atom. The molecule has 0 atom stereocenters. The number of nitrogens with one attached hydrogen (secondary N) is 1. The summed E-state index contributed by atoms with van der Waals surface area (Å²) in [5.41, 5.74) is 6.22. The maximum atomic E-state index is 12.9. The molecule has 0 fully saturated rings. The molecule has 0 aliphatic carbocycles. The van der Waals surface area contributed by atoms with Crippen LogP contribution in [0.15, 0.2) is 22.5 Å². The van der Waals surface area contributed by atoms with Crippen molar-refractivity contribution in [3.63, 3.8) is 0 Å². The maximum Gasteiger partial charge on any atom is 0.234 e. The normalized spacial score (nSPS) is 10.5. The van der Waals surface area contributed by atoms with E-state index in [1.807, 2.05) is 6.92 Å². The molecule has 2 aromatic rings. The monoisotopic (exact) mass is 312 g/mol. The van der Waals surface area contributed by atoms with Crippen LogP contribution in [0.5, 0.6) is 0 Å². The van der Waals surface area contributed by atoms with Crippen LogP contribution < -0.4 is 11.1 Å². The fourth-order valence-electron chi connectivity index (χ4n) is 1.40. The molecule has 0 saturated heterocycles. The molecular weight excluding hydrogens is 299 g/mol. The van der Waals surface area contributed by atoms with E-state index in [2.05, 4.69) is 14.7 Å². The van der Waals surface area contributed by atoms with Gasteiger partial charge in [-0.3, -0.25) is 4.79 Å². The quantitative estimate of drug-likeness (QED) is 0.655. The van der Waals surface area contributed by atoms with Crippen LogP contribution in [0.1, 0.15) is 12.7 Å². The highest BCUT2D eigenvalue weighted by Gasteiger charge is 2.09. The number of anilines is 2. The number of carbonyl (C=O) groups is 1. The zero-order chi connectivity index (χ0) is 14.5. The van der Waals surface area contributed by atoms with Gasteiger partial charge in [-0.1, -0.05) is 18.7 Å². The third kappa shape index (κ3) is 3.91. The van der Waals surface area contributed by atoms with Gasteiger partial charge in [-0.05, 0) is 29.7 Å². The fourth-order valence-corrected chi connectivity index (χ4v) is 2.90. The number of benzene rings is 1. The number of hydrogen-bond donors (Lipinski definition) is 2. The van der Waals surface area contributed by atoms with E-state index in [1.54, 1.807) is 0 Å². The van der Waals surface area contributed by atoms with Crippen LogP contribution >= 0.6 is 23.3 Å². The van der Waals surface area contributed by atoms with Crippen molar-refractivity contribution < 1.29 is 9.18 Å². The number of nitrogen functional groups attached to an aromatic ring is 1. The summed E-state index contributed by atoms with van der Waals surface area (Å²) in [4.78, 5) is 16.0. The Morgan fingerprint density at radius 2 is 2.35 bits per heavy atom. The highest BCUT2D eigenvalue weighted by atomic mass is 32.2. The van der Waals surface area contributed by atoms with Crippen molar-refractivity contribution in [2.24, 2.45) is 0 Å². The van der Waals surface area contributed by atoms with Gasteiger partial charge in [-0.2, -0.15) is 4.37 Å². The van der Waals surface area contributed by atoms with E-state index < -0.39 is 5.82 Å². The van der Waals surface area contributed by atoms with Crippen LogP contribution in [0.2, 0.25) is 0 Å². The van der Waals surface area contributed by atoms with Crippen molar-refractivity contribution in [3.05, 3.63) is 29.8 Å². The van der Waals surface area contributed by atoms with Crippen LogP contribution in [-0.2, 0) is 11.2 Å². The Bertz CT molecular complexity index is 617. The second-order valence-electron chi connectivity index (χ2n) is 3.90. The first kappa shape index (κ1) is 14.7. The molecule has 106 valence electrons. The van der Waals surface area contributed by atoms with E-state index in [-0.39, 0.29) is 17.3 Å². The Labute approximate surface area is 124 Å². The predicted octanol–water partition coefficient (Wildman–Crippen LogP) is 2.55. The fraction of sp³-hybridized carbons (Fsp3) is 0.250. The van der Waals surface area contributed by atoms with E-state index >= 15 is 0 Å². The largest absolute Gasteiger partial charge is 0.397 e. The number of thioether (sulfide) groups is 1. The van der Waals surface area contributed by atoms with Crippen molar-refractivity contribution >= 4 is 40.6 Å². The Balaban J connectivity index is 1.89. The summed E-state index contributed by atoms with van der Waals surface area (Å²) in [5.74, 6) is 0.327. The lowest BCUT2D eigenvalue weighted by atomic mass is 10.2. The summed E-state index contributed by atoms with van der Waals surface area (Å²) in [7, 11) is 0. The van der Waals surface area contributed by atoms with Crippen LogP contribution in [-0.4, -0.2) is 21.0 Å². The van der Waals surface area contributed by atoms with Gasteiger partial charge in [0, 0.05) is 6.42 Å². The number of nitrogens with two attached hydrogens (primary N) is 1. The highest BCUT2D eigenvalue weighted by Crippen LogP contribution is 2.22. The molecule has 0 spiro atoms.